The van der Waals surface area contributed by atoms with Crippen LogP contribution in [-0.2, 0) is 10.9 Å². The minimum Gasteiger partial charge on any atom is -0.379 e. The van der Waals surface area contributed by atoms with E-state index in [2.05, 4.69) is 25.4 Å². The molecule has 1 amide bonds. The van der Waals surface area contributed by atoms with E-state index in [9.17, 15) is 18.0 Å². The zero-order chi connectivity index (χ0) is 24.7. The molecule has 4 heterocycles. The minimum absolute atomic E-state index is 0.0694. The van der Waals surface area contributed by atoms with Gasteiger partial charge in [-0.15, -0.1) is 11.3 Å². The third kappa shape index (κ3) is 4.63. The highest BCUT2D eigenvalue weighted by Gasteiger charge is 2.34. The number of aromatic nitrogens is 5. The number of ether oxygens (including phenoxy) is 1. The maximum Gasteiger partial charge on any atom is 0.451 e. The number of hydrogen-bond donors (Lipinski definition) is 1. The van der Waals surface area contributed by atoms with Gasteiger partial charge in [0.2, 0.25) is 5.82 Å². The second-order valence-electron chi connectivity index (χ2n) is 8.37. The minimum atomic E-state index is -4.63. The number of thiazole rings is 1. The van der Waals surface area contributed by atoms with E-state index in [1.54, 1.807) is 31.5 Å². The average Bonchev–Trinajstić information content (AvgIpc) is 3.58. The van der Waals surface area contributed by atoms with Crippen molar-refractivity contribution in [2.75, 3.05) is 13.2 Å². The molecule has 1 saturated heterocycles. The first-order valence-electron chi connectivity index (χ1n) is 10.9. The summed E-state index contributed by atoms with van der Waals surface area (Å²) in [4.78, 5) is 25.5. The third-order valence-corrected chi connectivity index (χ3v) is 6.80. The Bertz CT molecular complexity index is 1380. The van der Waals surface area contributed by atoms with Crippen LogP contribution in [0.2, 0.25) is 0 Å². The molecular weight excluding hydrogens is 481 g/mol. The van der Waals surface area contributed by atoms with Crippen molar-refractivity contribution in [1.82, 2.24) is 30.0 Å². The van der Waals surface area contributed by atoms with Gasteiger partial charge in [-0.3, -0.25) is 9.48 Å². The Morgan fingerprint density at radius 3 is 2.60 bits per heavy atom. The van der Waals surface area contributed by atoms with Crippen molar-refractivity contribution < 1.29 is 22.7 Å². The molecule has 1 aromatic carbocycles. The fourth-order valence-electron chi connectivity index (χ4n) is 4.01. The molecule has 35 heavy (non-hydrogen) atoms. The number of benzene rings is 1. The Kier molecular flexibility index (Phi) is 6.01. The van der Waals surface area contributed by atoms with E-state index in [0.717, 1.165) is 45.2 Å². The van der Waals surface area contributed by atoms with E-state index in [-0.39, 0.29) is 11.9 Å². The van der Waals surface area contributed by atoms with Crippen LogP contribution in [0.25, 0.3) is 21.5 Å². The maximum absolute atomic E-state index is 13.2. The van der Waals surface area contributed by atoms with E-state index < -0.39 is 18.0 Å². The first kappa shape index (κ1) is 23.4. The van der Waals surface area contributed by atoms with E-state index in [1.807, 2.05) is 11.6 Å². The van der Waals surface area contributed by atoms with Crippen molar-refractivity contribution in [2.24, 2.45) is 0 Å². The molecule has 182 valence electrons. The fourth-order valence-corrected chi connectivity index (χ4v) is 4.80. The number of aryl methyl sites for hydroxylation is 1. The summed E-state index contributed by atoms with van der Waals surface area (Å²) in [6, 6.07) is 3.00. The highest BCUT2D eigenvalue weighted by atomic mass is 32.1. The normalized spacial score (nSPS) is 17.1. The van der Waals surface area contributed by atoms with Gasteiger partial charge in [-0.1, -0.05) is 0 Å². The summed E-state index contributed by atoms with van der Waals surface area (Å²) in [5.74, 6) is -1.61. The van der Waals surface area contributed by atoms with Crippen molar-refractivity contribution in [3.8, 4) is 10.6 Å². The van der Waals surface area contributed by atoms with Gasteiger partial charge in [-0.25, -0.2) is 15.0 Å². The van der Waals surface area contributed by atoms with Gasteiger partial charge in [0, 0.05) is 52.2 Å². The molecule has 0 bridgehead atoms. The number of amides is 1. The van der Waals surface area contributed by atoms with Crippen LogP contribution in [0.1, 0.15) is 52.1 Å². The lowest BCUT2D eigenvalue weighted by Crippen LogP contribution is -2.27. The molecular formula is C23H21F3N6O2S. The molecule has 1 N–H and O–H groups in total. The first-order valence-corrected chi connectivity index (χ1v) is 11.7. The molecule has 0 saturated carbocycles. The summed E-state index contributed by atoms with van der Waals surface area (Å²) in [7, 11) is 0. The van der Waals surface area contributed by atoms with Crippen LogP contribution in [0, 0.1) is 6.92 Å². The second-order valence-corrected chi connectivity index (χ2v) is 9.61. The van der Waals surface area contributed by atoms with Crippen LogP contribution >= 0.6 is 11.3 Å². The van der Waals surface area contributed by atoms with E-state index >= 15 is 0 Å². The Hall–Kier alpha value is -3.38. The molecule has 12 heteroatoms. The van der Waals surface area contributed by atoms with E-state index in [0.29, 0.717) is 24.3 Å². The van der Waals surface area contributed by atoms with Crippen molar-refractivity contribution in [3.05, 3.63) is 58.7 Å². The predicted octanol–water partition coefficient (Wildman–Crippen LogP) is 4.73. The predicted molar refractivity (Wildman–Crippen MR) is 123 cm³/mol. The van der Waals surface area contributed by atoms with Crippen LogP contribution < -0.4 is 5.32 Å². The van der Waals surface area contributed by atoms with Gasteiger partial charge < -0.3 is 10.1 Å². The summed E-state index contributed by atoms with van der Waals surface area (Å²) in [6.07, 6.45) is 1.90. The van der Waals surface area contributed by atoms with Gasteiger partial charge in [0.25, 0.3) is 5.91 Å². The highest BCUT2D eigenvalue weighted by molar-refractivity contribution is 7.15. The highest BCUT2D eigenvalue weighted by Crippen LogP contribution is 2.35. The van der Waals surface area contributed by atoms with Crippen molar-refractivity contribution >= 4 is 28.1 Å². The molecule has 5 rings (SSSR count). The van der Waals surface area contributed by atoms with Gasteiger partial charge in [-0.05, 0) is 32.4 Å². The largest absolute Gasteiger partial charge is 0.451 e. The molecule has 0 unspecified atom stereocenters. The molecule has 8 nitrogen and oxygen atoms in total. The maximum atomic E-state index is 13.2. The standard InChI is InChI=1S/C23H21F3N6O2S/c1-12-7-27-21(35-12)17-5-14(6-19-18(17)10-30-32(19)16-3-4-34-11-16)20(33)31-13(2)15-8-28-22(29-9-15)23(24,25)26/h5-10,13,16H,3-4,11H2,1-2H3,(H,31,33)/t13-,16-/m1/s1. The smallest absolute Gasteiger partial charge is 0.379 e. The number of carbonyl (C=O) groups is 1. The lowest BCUT2D eigenvalue weighted by Gasteiger charge is -2.16. The Morgan fingerprint density at radius 2 is 1.97 bits per heavy atom. The third-order valence-electron chi connectivity index (χ3n) is 5.85. The molecule has 1 aliphatic rings. The summed E-state index contributed by atoms with van der Waals surface area (Å²) in [5.41, 5.74) is 2.33. The topological polar surface area (TPSA) is 94.8 Å². The molecule has 0 radical (unpaired) electrons. The Balaban J connectivity index is 1.49. The fraction of sp³-hybridized carbons (Fsp3) is 0.348. The van der Waals surface area contributed by atoms with E-state index in [4.69, 9.17) is 4.74 Å². The van der Waals surface area contributed by atoms with Crippen LogP contribution in [0.15, 0.2) is 36.9 Å². The summed E-state index contributed by atoms with van der Waals surface area (Å²) in [5, 5.41) is 9.06. The lowest BCUT2D eigenvalue weighted by molar-refractivity contribution is -0.145. The van der Waals surface area contributed by atoms with Gasteiger partial charge in [0.1, 0.15) is 5.01 Å². The lowest BCUT2D eigenvalue weighted by atomic mass is 10.0. The zero-order valence-corrected chi connectivity index (χ0v) is 19.7. The number of carbonyl (C=O) groups excluding carboxylic acids is 1. The number of rotatable bonds is 5. The molecule has 0 aliphatic carbocycles. The Morgan fingerprint density at radius 1 is 1.20 bits per heavy atom. The molecule has 1 aliphatic heterocycles. The summed E-state index contributed by atoms with van der Waals surface area (Å²) < 4.78 is 45.7. The second kappa shape index (κ2) is 9.00. The quantitative estimate of drug-likeness (QED) is 0.424. The zero-order valence-electron chi connectivity index (χ0n) is 18.8. The number of halogens is 3. The molecule has 3 aromatic heterocycles. The average molecular weight is 503 g/mol. The monoisotopic (exact) mass is 502 g/mol. The Labute approximate surface area is 202 Å². The molecule has 0 spiro atoms. The van der Waals surface area contributed by atoms with Crippen molar-refractivity contribution in [3.63, 3.8) is 0 Å². The number of hydrogen-bond acceptors (Lipinski definition) is 7. The van der Waals surface area contributed by atoms with Gasteiger partial charge in [-0.2, -0.15) is 18.3 Å². The molecule has 1 fully saturated rings. The van der Waals surface area contributed by atoms with Crippen LogP contribution in [0.5, 0.6) is 0 Å². The number of alkyl halides is 3. The number of nitrogens with one attached hydrogen (secondary N) is 1. The SMILES string of the molecule is Cc1cnc(-c2cc(C(=O)N[C@H](C)c3cnc(C(F)(F)F)nc3)cc3c2cnn3[C@@H]2CCOC2)s1. The van der Waals surface area contributed by atoms with Crippen LogP contribution in [-0.4, -0.2) is 43.9 Å². The first-order chi connectivity index (χ1) is 16.7. The number of nitrogens with zero attached hydrogens (tertiary/aromatic N) is 5. The summed E-state index contributed by atoms with van der Waals surface area (Å²) >= 11 is 1.52. The molecule has 4 aromatic rings. The van der Waals surface area contributed by atoms with Crippen LogP contribution in [0.4, 0.5) is 13.2 Å². The van der Waals surface area contributed by atoms with Gasteiger partial charge >= 0.3 is 6.18 Å². The van der Waals surface area contributed by atoms with Crippen molar-refractivity contribution in [2.45, 2.75) is 38.5 Å². The van der Waals surface area contributed by atoms with Crippen LogP contribution in [0.3, 0.4) is 0 Å². The summed E-state index contributed by atoms with van der Waals surface area (Å²) in [6.45, 7) is 4.82. The van der Waals surface area contributed by atoms with E-state index in [1.165, 1.54) is 11.3 Å². The number of fused-ring (bicyclic) bond motifs is 1. The van der Waals surface area contributed by atoms with Gasteiger partial charge in [0.15, 0.2) is 0 Å². The van der Waals surface area contributed by atoms with Crippen molar-refractivity contribution in [1.29, 1.82) is 0 Å². The van der Waals surface area contributed by atoms with Gasteiger partial charge in [0.05, 0.1) is 30.4 Å². The molecule has 2 atom stereocenters.